The topological polar surface area (TPSA) is 200 Å². The Morgan fingerprint density at radius 1 is 0.898 bits per heavy atom. The van der Waals surface area contributed by atoms with Gasteiger partial charge in [-0.15, -0.1) is 0 Å². The molecule has 0 amide bonds. The number of ether oxygens (including phenoxy) is 2. The maximum atomic E-state index is 14.5. The van der Waals surface area contributed by atoms with Crippen LogP contribution in [0, 0.1) is 50.2 Å². The number of aliphatic hydroxyl groups is 5. The fourth-order valence-corrected chi connectivity index (χ4v) is 13.0. The molecule has 0 spiro atoms. The maximum Gasteiger partial charge on any atom is 0.397 e. The van der Waals surface area contributed by atoms with E-state index in [1.807, 2.05) is 13.8 Å². The zero-order valence-corrected chi connectivity index (χ0v) is 30.8. The molecule has 12 nitrogen and oxygen atoms in total. The lowest BCUT2D eigenvalue weighted by molar-refractivity contribution is -0.299. The van der Waals surface area contributed by atoms with Crippen molar-refractivity contribution in [3.63, 3.8) is 0 Å². The lowest BCUT2D eigenvalue weighted by Gasteiger charge is -2.71. The van der Waals surface area contributed by atoms with Gasteiger partial charge in [0, 0.05) is 0 Å². The van der Waals surface area contributed by atoms with Crippen LogP contribution in [0.15, 0.2) is 11.6 Å². The summed E-state index contributed by atoms with van der Waals surface area (Å²) in [5, 5.41) is 53.4. The fraction of sp³-hybridized carbons (Fsp3) is 0.917. The molecule has 1 saturated heterocycles. The Kier molecular flexibility index (Phi) is 9.15. The molecule has 0 aromatic carbocycles. The first kappa shape index (κ1) is 37.6. The fourth-order valence-electron chi connectivity index (χ4n) is 12.4. The monoisotopic (exact) mass is 714 g/mol. The average molecular weight is 715 g/mol. The Balaban J connectivity index is 1.36. The molecular formula is C36H58O12S. The van der Waals surface area contributed by atoms with E-state index >= 15 is 0 Å². The van der Waals surface area contributed by atoms with Gasteiger partial charge in [0.15, 0.2) is 0 Å². The van der Waals surface area contributed by atoms with Crippen LogP contribution in [0.5, 0.6) is 0 Å². The molecule has 0 aromatic rings. The Hall–Kier alpha value is -1.16. The van der Waals surface area contributed by atoms with Crippen LogP contribution in [-0.2, 0) is 28.9 Å². The van der Waals surface area contributed by atoms with Crippen molar-refractivity contribution >= 4 is 16.4 Å². The van der Waals surface area contributed by atoms with Gasteiger partial charge < -0.3 is 35.0 Å². The third-order valence-electron chi connectivity index (χ3n) is 15.3. The Morgan fingerprint density at radius 3 is 2.20 bits per heavy atom. The average Bonchev–Trinajstić information content (AvgIpc) is 2.98. The molecule has 4 saturated carbocycles. The molecule has 280 valence electrons. The van der Waals surface area contributed by atoms with E-state index in [1.54, 1.807) is 0 Å². The number of fused-ring (bicyclic) bond motifs is 7. The normalized spacial score (nSPS) is 50.5. The molecule has 0 bridgehead atoms. The van der Waals surface area contributed by atoms with Crippen molar-refractivity contribution in [2.75, 3.05) is 6.61 Å². The van der Waals surface area contributed by atoms with Crippen LogP contribution in [0.1, 0.15) is 106 Å². The first-order valence-electron chi connectivity index (χ1n) is 18.0. The van der Waals surface area contributed by atoms with Crippen LogP contribution in [-0.4, -0.2) is 94.0 Å². The summed E-state index contributed by atoms with van der Waals surface area (Å²) in [5.41, 5.74) is -1.72. The second-order valence-electron chi connectivity index (χ2n) is 18.5. The van der Waals surface area contributed by atoms with E-state index in [0.29, 0.717) is 32.1 Å². The number of hydrogen-bond acceptors (Lipinski definition) is 11. The first-order valence-corrected chi connectivity index (χ1v) is 19.4. The zero-order chi connectivity index (χ0) is 36.3. The van der Waals surface area contributed by atoms with Crippen molar-refractivity contribution in [3.8, 4) is 0 Å². The number of hydrogen-bond donors (Lipinski definition) is 6. The van der Waals surface area contributed by atoms with E-state index in [4.69, 9.17) is 13.7 Å². The molecule has 1 aliphatic heterocycles. The van der Waals surface area contributed by atoms with E-state index < -0.39 is 82.1 Å². The van der Waals surface area contributed by atoms with Crippen molar-refractivity contribution in [1.82, 2.24) is 0 Å². The molecule has 1 heterocycles. The van der Waals surface area contributed by atoms with Gasteiger partial charge >= 0.3 is 16.4 Å². The SMILES string of the molecule is CC1(C)CCC2(C(=O)OC3OC(CO)C(O)C(O)C3O)C(O)CC3(C)C(=CCC4C5(C)CCC(OS(=O)(=O)O)C(C)(C)C5CCC43C)C2C1. The van der Waals surface area contributed by atoms with Gasteiger partial charge in [0.05, 0.1) is 18.8 Å². The van der Waals surface area contributed by atoms with Crippen molar-refractivity contribution in [2.24, 2.45) is 50.2 Å². The van der Waals surface area contributed by atoms with E-state index in [9.17, 15) is 43.3 Å². The van der Waals surface area contributed by atoms with E-state index in [-0.39, 0.29) is 34.0 Å². The first-order chi connectivity index (χ1) is 22.5. The highest BCUT2D eigenvalue weighted by molar-refractivity contribution is 7.80. The van der Waals surface area contributed by atoms with E-state index in [2.05, 4.69) is 40.7 Å². The van der Waals surface area contributed by atoms with Gasteiger partial charge in [-0.05, 0) is 103 Å². The third kappa shape index (κ3) is 5.50. The minimum atomic E-state index is -4.61. The highest BCUT2D eigenvalue weighted by Gasteiger charge is 2.72. The van der Waals surface area contributed by atoms with Crippen LogP contribution in [0.4, 0.5) is 0 Å². The van der Waals surface area contributed by atoms with Crippen molar-refractivity contribution < 1.29 is 57.0 Å². The summed E-state index contributed by atoms with van der Waals surface area (Å²) in [6.07, 6.45) is -1.68. The summed E-state index contributed by atoms with van der Waals surface area (Å²) in [4.78, 5) is 14.5. The van der Waals surface area contributed by atoms with Crippen LogP contribution in [0.25, 0.3) is 0 Å². The van der Waals surface area contributed by atoms with Gasteiger partial charge in [0.1, 0.15) is 29.8 Å². The highest BCUT2D eigenvalue weighted by Crippen LogP contribution is 2.76. The molecule has 6 aliphatic rings. The van der Waals surface area contributed by atoms with Crippen LogP contribution in [0.3, 0.4) is 0 Å². The minimum Gasteiger partial charge on any atom is -0.432 e. The molecule has 13 heteroatoms. The van der Waals surface area contributed by atoms with Gasteiger partial charge in [-0.3, -0.25) is 9.35 Å². The zero-order valence-electron chi connectivity index (χ0n) is 30.0. The molecule has 0 radical (unpaired) electrons. The van der Waals surface area contributed by atoms with Gasteiger partial charge in [-0.1, -0.05) is 60.1 Å². The number of carbonyl (C=O) groups excluding carboxylic acids is 1. The molecule has 14 unspecified atom stereocenters. The number of carbonyl (C=O) groups is 1. The quantitative estimate of drug-likeness (QED) is 0.138. The second-order valence-corrected chi connectivity index (χ2v) is 19.5. The van der Waals surface area contributed by atoms with Gasteiger partial charge in [0.25, 0.3) is 0 Å². The molecular weight excluding hydrogens is 656 g/mol. The largest absolute Gasteiger partial charge is 0.432 e. The molecule has 6 N–H and O–H groups in total. The number of aliphatic hydroxyl groups excluding tert-OH is 5. The number of rotatable bonds is 5. The summed E-state index contributed by atoms with van der Waals surface area (Å²) in [6, 6.07) is 0. The molecule has 6 rings (SSSR count). The van der Waals surface area contributed by atoms with Crippen LogP contribution < -0.4 is 0 Å². The lowest BCUT2D eigenvalue weighted by Crippen LogP contribution is -2.68. The number of esters is 1. The summed E-state index contributed by atoms with van der Waals surface area (Å²) < 4.78 is 49.7. The third-order valence-corrected chi connectivity index (χ3v) is 15.8. The van der Waals surface area contributed by atoms with Crippen LogP contribution >= 0.6 is 0 Å². The minimum absolute atomic E-state index is 0.131. The highest BCUT2D eigenvalue weighted by atomic mass is 32.3. The van der Waals surface area contributed by atoms with Gasteiger partial charge in [-0.2, -0.15) is 8.42 Å². The summed E-state index contributed by atoms with van der Waals surface area (Å²) >= 11 is 0. The van der Waals surface area contributed by atoms with Crippen molar-refractivity contribution in [1.29, 1.82) is 0 Å². The Bertz CT molecular complexity index is 1460. The lowest BCUT2D eigenvalue weighted by atomic mass is 9.33. The summed E-state index contributed by atoms with van der Waals surface area (Å²) in [7, 11) is -4.61. The van der Waals surface area contributed by atoms with Crippen molar-refractivity contribution in [2.45, 2.75) is 149 Å². The molecule has 5 aliphatic carbocycles. The predicted molar refractivity (Wildman–Crippen MR) is 177 cm³/mol. The van der Waals surface area contributed by atoms with Gasteiger partial charge in [0.2, 0.25) is 6.29 Å². The summed E-state index contributed by atoms with van der Waals surface area (Å²) in [5.74, 6) is -0.738. The van der Waals surface area contributed by atoms with E-state index in [1.165, 1.54) is 0 Å². The van der Waals surface area contributed by atoms with Crippen molar-refractivity contribution in [3.05, 3.63) is 11.6 Å². The molecule has 14 atom stereocenters. The van der Waals surface area contributed by atoms with Gasteiger partial charge in [-0.25, -0.2) is 4.18 Å². The standard InChI is InChI=1S/C36H58O12S/c1-31(2)14-15-36(30(42)47-29-28(41)27(40)26(39)21(18-37)46-29)20(16-31)19-8-9-23-33(5)12-11-25(48-49(43,44)45)32(3,4)22(33)10-13-34(23,6)35(19,7)17-24(36)38/h8,20-29,37-41H,9-18H2,1-7H3,(H,43,44,45). The number of allylic oxidation sites excluding steroid dienone is 2. The van der Waals surface area contributed by atoms with Crippen LogP contribution in [0.2, 0.25) is 0 Å². The molecule has 5 fully saturated rings. The smallest absolute Gasteiger partial charge is 0.397 e. The Labute approximate surface area is 290 Å². The van der Waals surface area contributed by atoms with E-state index in [0.717, 1.165) is 31.3 Å². The Morgan fingerprint density at radius 2 is 1.57 bits per heavy atom. The molecule has 49 heavy (non-hydrogen) atoms. The molecule has 0 aromatic heterocycles. The second kappa shape index (κ2) is 11.9. The summed E-state index contributed by atoms with van der Waals surface area (Å²) in [6.45, 7) is 14.7. The maximum absolute atomic E-state index is 14.5. The predicted octanol–water partition coefficient (Wildman–Crippen LogP) is 3.29.